The SMILES string of the molecule is Cc1ccc(CN2CCC(CN(C)C(=O)C3CCOC3)CC2)cc1. The highest BCUT2D eigenvalue weighted by Gasteiger charge is 2.28. The molecule has 0 radical (unpaired) electrons. The Morgan fingerprint density at radius 3 is 2.54 bits per heavy atom. The number of hydrogen-bond donors (Lipinski definition) is 0. The van der Waals surface area contributed by atoms with Crippen LogP contribution in [0.5, 0.6) is 0 Å². The first kappa shape index (κ1) is 17.4. The van der Waals surface area contributed by atoms with Crippen LogP contribution < -0.4 is 0 Å². The minimum atomic E-state index is 0.0941. The molecule has 3 rings (SSSR count). The molecule has 2 aliphatic rings. The molecule has 4 nitrogen and oxygen atoms in total. The maximum absolute atomic E-state index is 12.4. The van der Waals surface area contributed by atoms with E-state index in [1.54, 1.807) is 0 Å². The second kappa shape index (κ2) is 8.13. The van der Waals surface area contributed by atoms with Gasteiger partial charge in [-0.05, 0) is 50.8 Å². The van der Waals surface area contributed by atoms with E-state index in [0.717, 1.165) is 39.2 Å². The van der Waals surface area contributed by atoms with Crippen LogP contribution in [0, 0.1) is 18.8 Å². The highest BCUT2D eigenvalue weighted by Crippen LogP contribution is 2.22. The van der Waals surface area contributed by atoms with E-state index in [-0.39, 0.29) is 11.8 Å². The molecule has 0 N–H and O–H groups in total. The van der Waals surface area contributed by atoms with Gasteiger partial charge in [-0.2, -0.15) is 0 Å². The number of carbonyl (C=O) groups is 1. The molecular weight excluding hydrogens is 300 g/mol. The summed E-state index contributed by atoms with van der Waals surface area (Å²) in [7, 11) is 1.96. The first-order valence-corrected chi connectivity index (χ1v) is 9.22. The fourth-order valence-electron chi connectivity index (χ4n) is 3.80. The number of carbonyl (C=O) groups excluding carboxylic acids is 1. The number of aryl methyl sites for hydroxylation is 1. The molecule has 1 aromatic carbocycles. The zero-order valence-electron chi connectivity index (χ0n) is 15.0. The van der Waals surface area contributed by atoms with E-state index >= 15 is 0 Å². The van der Waals surface area contributed by atoms with Crippen LogP contribution in [0.2, 0.25) is 0 Å². The summed E-state index contributed by atoms with van der Waals surface area (Å²) in [6, 6.07) is 8.85. The quantitative estimate of drug-likeness (QED) is 0.832. The zero-order valence-corrected chi connectivity index (χ0v) is 15.0. The monoisotopic (exact) mass is 330 g/mol. The Labute approximate surface area is 145 Å². The number of amides is 1. The van der Waals surface area contributed by atoms with Crippen LogP contribution in [-0.4, -0.2) is 55.6 Å². The molecule has 0 aromatic heterocycles. The summed E-state index contributed by atoms with van der Waals surface area (Å²) in [4.78, 5) is 16.9. The normalized spacial score (nSPS) is 22.7. The van der Waals surface area contributed by atoms with Crippen molar-refractivity contribution < 1.29 is 9.53 Å². The van der Waals surface area contributed by atoms with Crippen molar-refractivity contribution in [1.82, 2.24) is 9.80 Å². The molecule has 2 fully saturated rings. The van der Waals surface area contributed by atoms with Gasteiger partial charge in [0.25, 0.3) is 0 Å². The van der Waals surface area contributed by atoms with Gasteiger partial charge in [-0.15, -0.1) is 0 Å². The summed E-state index contributed by atoms with van der Waals surface area (Å²) in [5.41, 5.74) is 2.71. The first-order chi connectivity index (χ1) is 11.6. The predicted octanol–water partition coefficient (Wildman–Crippen LogP) is 2.70. The van der Waals surface area contributed by atoms with Gasteiger partial charge in [-0.1, -0.05) is 29.8 Å². The number of piperidine rings is 1. The van der Waals surface area contributed by atoms with E-state index in [4.69, 9.17) is 4.74 Å². The number of ether oxygens (including phenoxy) is 1. The summed E-state index contributed by atoms with van der Waals surface area (Å²) < 4.78 is 5.34. The van der Waals surface area contributed by atoms with Gasteiger partial charge in [0.15, 0.2) is 0 Å². The van der Waals surface area contributed by atoms with Gasteiger partial charge in [0.1, 0.15) is 0 Å². The van der Waals surface area contributed by atoms with Crippen molar-refractivity contribution in [3.8, 4) is 0 Å². The summed E-state index contributed by atoms with van der Waals surface area (Å²) >= 11 is 0. The highest BCUT2D eigenvalue weighted by molar-refractivity contribution is 5.78. The average molecular weight is 330 g/mol. The molecule has 1 unspecified atom stereocenters. The molecule has 132 valence electrons. The number of nitrogens with zero attached hydrogens (tertiary/aromatic N) is 2. The Morgan fingerprint density at radius 2 is 1.92 bits per heavy atom. The Bertz CT molecular complexity index is 529. The minimum absolute atomic E-state index is 0.0941. The second-order valence-corrected chi connectivity index (χ2v) is 7.48. The van der Waals surface area contributed by atoms with E-state index in [1.807, 2.05) is 11.9 Å². The van der Waals surface area contributed by atoms with Gasteiger partial charge >= 0.3 is 0 Å². The van der Waals surface area contributed by atoms with Crippen molar-refractivity contribution in [3.63, 3.8) is 0 Å². The standard InChI is InChI=1S/C20H30N2O2/c1-16-3-5-17(6-4-16)14-22-10-7-18(8-11-22)13-21(2)20(23)19-9-12-24-15-19/h3-6,18-19H,7-15H2,1-2H3. The van der Waals surface area contributed by atoms with Crippen LogP contribution in [0.3, 0.4) is 0 Å². The fraction of sp³-hybridized carbons (Fsp3) is 0.650. The van der Waals surface area contributed by atoms with Gasteiger partial charge in [-0.3, -0.25) is 9.69 Å². The van der Waals surface area contributed by atoms with Crippen molar-refractivity contribution >= 4 is 5.91 Å². The first-order valence-electron chi connectivity index (χ1n) is 9.22. The van der Waals surface area contributed by atoms with Crippen LogP contribution >= 0.6 is 0 Å². The summed E-state index contributed by atoms with van der Waals surface area (Å²) in [6.45, 7) is 7.68. The van der Waals surface area contributed by atoms with E-state index in [0.29, 0.717) is 12.5 Å². The third-order valence-electron chi connectivity index (χ3n) is 5.42. The Hall–Kier alpha value is -1.39. The molecule has 1 aromatic rings. The van der Waals surface area contributed by atoms with E-state index < -0.39 is 0 Å². The lowest BCUT2D eigenvalue weighted by atomic mass is 9.95. The molecule has 2 saturated heterocycles. The van der Waals surface area contributed by atoms with Gasteiger partial charge in [0.05, 0.1) is 12.5 Å². The largest absolute Gasteiger partial charge is 0.381 e. The van der Waals surface area contributed by atoms with E-state index in [1.165, 1.54) is 24.0 Å². The van der Waals surface area contributed by atoms with Crippen molar-refractivity contribution in [1.29, 1.82) is 0 Å². The fourth-order valence-corrected chi connectivity index (χ4v) is 3.80. The number of likely N-dealkylation sites (tertiary alicyclic amines) is 1. The molecule has 2 heterocycles. The third kappa shape index (κ3) is 4.58. The predicted molar refractivity (Wildman–Crippen MR) is 95.7 cm³/mol. The number of hydrogen-bond acceptors (Lipinski definition) is 3. The van der Waals surface area contributed by atoms with Gasteiger partial charge in [0, 0.05) is 26.7 Å². The van der Waals surface area contributed by atoms with Crippen LogP contribution in [0.4, 0.5) is 0 Å². The van der Waals surface area contributed by atoms with Crippen LogP contribution in [0.25, 0.3) is 0 Å². The van der Waals surface area contributed by atoms with Crippen LogP contribution in [0.1, 0.15) is 30.4 Å². The molecule has 24 heavy (non-hydrogen) atoms. The zero-order chi connectivity index (χ0) is 16.9. The number of rotatable bonds is 5. The molecule has 0 aliphatic carbocycles. The average Bonchev–Trinajstić information content (AvgIpc) is 3.12. The molecule has 0 saturated carbocycles. The van der Waals surface area contributed by atoms with Crippen molar-refractivity contribution in [2.75, 3.05) is 39.9 Å². The topological polar surface area (TPSA) is 32.8 Å². The van der Waals surface area contributed by atoms with Crippen molar-refractivity contribution in [2.24, 2.45) is 11.8 Å². The lowest BCUT2D eigenvalue weighted by Crippen LogP contribution is -2.41. The lowest BCUT2D eigenvalue weighted by Gasteiger charge is -2.34. The highest BCUT2D eigenvalue weighted by atomic mass is 16.5. The number of benzene rings is 1. The Morgan fingerprint density at radius 1 is 1.21 bits per heavy atom. The van der Waals surface area contributed by atoms with Crippen LogP contribution in [-0.2, 0) is 16.1 Å². The maximum Gasteiger partial charge on any atom is 0.227 e. The Balaban J connectivity index is 1.41. The summed E-state index contributed by atoms with van der Waals surface area (Å²) in [5, 5.41) is 0. The molecule has 0 bridgehead atoms. The smallest absolute Gasteiger partial charge is 0.227 e. The lowest BCUT2D eigenvalue weighted by molar-refractivity contribution is -0.134. The molecule has 2 aliphatic heterocycles. The van der Waals surface area contributed by atoms with Gasteiger partial charge in [-0.25, -0.2) is 0 Å². The minimum Gasteiger partial charge on any atom is -0.381 e. The summed E-state index contributed by atoms with van der Waals surface area (Å²) in [5.74, 6) is 1.00. The third-order valence-corrected chi connectivity index (χ3v) is 5.42. The van der Waals surface area contributed by atoms with E-state index in [2.05, 4.69) is 36.1 Å². The van der Waals surface area contributed by atoms with Crippen molar-refractivity contribution in [2.45, 2.75) is 32.7 Å². The van der Waals surface area contributed by atoms with E-state index in [9.17, 15) is 4.79 Å². The maximum atomic E-state index is 12.4. The van der Waals surface area contributed by atoms with Crippen molar-refractivity contribution in [3.05, 3.63) is 35.4 Å². The Kier molecular flexibility index (Phi) is 5.90. The molecule has 1 atom stereocenters. The molecular formula is C20H30N2O2. The van der Waals surface area contributed by atoms with Gasteiger partial charge in [0.2, 0.25) is 5.91 Å². The molecule has 1 amide bonds. The summed E-state index contributed by atoms with van der Waals surface area (Å²) in [6.07, 6.45) is 3.26. The molecule has 0 spiro atoms. The van der Waals surface area contributed by atoms with Gasteiger partial charge < -0.3 is 9.64 Å². The second-order valence-electron chi connectivity index (χ2n) is 7.48. The van der Waals surface area contributed by atoms with Crippen LogP contribution in [0.15, 0.2) is 24.3 Å². The molecule has 4 heteroatoms.